The highest BCUT2D eigenvalue weighted by Crippen LogP contribution is 2.45. The number of phosphoric ester groups is 2. The van der Waals surface area contributed by atoms with E-state index in [4.69, 9.17) is 37.0 Å². The fourth-order valence-corrected chi connectivity index (χ4v) is 14.3. The number of hydrogen-bond acceptors (Lipinski definition) is 15. The topological polar surface area (TPSA) is 237 Å². The first-order chi connectivity index (χ1) is 49.2. The Kier molecular flexibility index (Phi) is 70.6. The van der Waals surface area contributed by atoms with E-state index in [2.05, 4.69) is 55.4 Å². The van der Waals surface area contributed by atoms with Crippen LogP contribution in [0.2, 0.25) is 0 Å². The number of aliphatic hydroxyl groups excluding tert-OH is 1. The molecule has 0 fully saturated rings. The van der Waals surface area contributed by atoms with Crippen molar-refractivity contribution in [2.45, 2.75) is 446 Å². The van der Waals surface area contributed by atoms with Gasteiger partial charge in [0.15, 0.2) is 12.2 Å². The Morgan fingerprint density at radius 1 is 0.275 bits per heavy atom. The van der Waals surface area contributed by atoms with E-state index in [1.165, 1.54) is 225 Å². The summed E-state index contributed by atoms with van der Waals surface area (Å²) in [6, 6.07) is 0. The van der Waals surface area contributed by atoms with Crippen molar-refractivity contribution in [2.75, 3.05) is 39.6 Å². The molecule has 606 valence electrons. The van der Waals surface area contributed by atoms with Crippen molar-refractivity contribution in [3.8, 4) is 0 Å². The number of phosphoric acid groups is 2. The van der Waals surface area contributed by atoms with Crippen LogP contribution in [-0.2, 0) is 65.4 Å². The zero-order valence-electron chi connectivity index (χ0n) is 67.2. The van der Waals surface area contributed by atoms with Crippen LogP contribution in [0, 0.1) is 23.7 Å². The van der Waals surface area contributed by atoms with Gasteiger partial charge in [0.05, 0.1) is 26.4 Å². The number of carbonyl (C=O) groups is 4. The first kappa shape index (κ1) is 100. The van der Waals surface area contributed by atoms with Gasteiger partial charge in [0.25, 0.3) is 0 Å². The molecule has 0 amide bonds. The number of aliphatic hydroxyl groups is 1. The summed E-state index contributed by atoms with van der Waals surface area (Å²) in [4.78, 5) is 72.9. The zero-order chi connectivity index (χ0) is 75.3. The van der Waals surface area contributed by atoms with Gasteiger partial charge >= 0.3 is 39.5 Å². The molecule has 19 heteroatoms. The normalized spacial score (nSPS) is 14.5. The summed E-state index contributed by atoms with van der Waals surface area (Å²) in [5.41, 5.74) is 0. The largest absolute Gasteiger partial charge is 0.472 e. The maximum Gasteiger partial charge on any atom is 0.472 e. The molecule has 0 aromatic carbocycles. The van der Waals surface area contributed by atoms with E-state index in [-0.39, 0.29) is 25.7 Å². The molecular formula is C83H162O17P2. The highest BCUT2D eigenvalue weighted by atomic mass is 31.2. The van der Waals surface area contributed by atoms with Crippen molar-refractivity contribution in [1.82, 2.24) is 0 Å². The van der Waals surface area contributed by atoms with E-state index in [0.717, 1.165) is 114 Å². The van der Waals surface area contributed by atoms with E-state index in [0.29, 0.717) is 31.6 Å². The minimum absolute atomic E-state index is 0.101. The molecule has 0 aromatic heterocycles. The van der Waals surface area contributed by atoms with Gasteiger partial charge in [-0.3, -0.25) is 37.3 Å². The molecule has 0 aliphatic carbocycles. The smallest absolute Gasteiger partial charge is 0.462 e. The maximum absolute atomic E-state index is 13.1. The van der Waals surface area contributed by atoms with Gasteiger partial charge in [-0.1, -0.05) is 376 Å². The van der Waals surface area contributed by atoms with Gasteiger partial charge in [-0.25, -0.2) is 9.13 Å². The Balaban J connectivity index is 5.16. The first-order valence-electron chi connectivity index (χ1n) is 42.8. The molecule has 0 aliphatic rings. The summed E-state index contributed by atoms with van der Waals surface area (Å²) < 4.78 is 68.6. The SMILES string of the molecule is CCC(C)CCCCCCCCCCCCCCCCCCCCC(=O)OC[C@H](COP(=O)(O)OC[C@@H](O)COP(=O)(O)OC[C@@H](COC(=O)CCCCCCCCC(C)CC)OC(=O)CCCCCCCCC(C)C)OC(=O)CCCCCCCCCCCCCCCCCCCCC(C)C. The predicted molar refractivity (Wildman–Crippen MR) is 418 cm³/mol. The van der Waals surface area contributed by atoms with Crippen molar-refractivity contribution in [1.29, 1.82) is 0 Å². The zero-order valence-corrected chi connectivity index (χ0v) is 69.0. The van der Waals surface area contributed by atoms with Gasteiger partial charge < -0.3 is 33.8 Å². The average molecular weight is 1490 g/mol. The second-order valence-corrected chi connectivity index (χ2v) is 34.2. The fourth-order valence-electron chi connectivity index (χ4n) is 12.7. The molecule has 0 bridgehead atoms. The van der Waals surface area contributed by atoms with Crippen LogP contribution >= 0.6 is 15.6 Å². The number of carbonyl (C=O) groups excluding carboxylic acids is 4. The Bertz CT molecular complexity index is 1990. The molecule has 0 radical (unpaired) electrons. The van der Waals surface area contributed by atoms with Gasteiger partial charge in [0.2, 0.25) is 0 Å². The second kappa shape index (κ2) is 72.0. The van der Waals surface area contributed by atoms with Gasteiger partial charge in [0.1, 0.15) is 19.3 Å². The Labute approximate surface area is 626 Å². The van der Waals surface area contributed by atoms with Crippen LogP contribution in [-0.4, -0.2) is 96.7 Å². The minimum atomic E-state index is -4.96. The van der Waals surface area contributed by atoms with Crippen LogP contribution in [0.15, 0.2) is 0 Å². The summed E-state index contributed by atoms with van der Waals surface area (Å²) in [7, 11) is -9.92. The molecule has 102 heavy (non-hydrogen) atoms. The molecule has 3 N–H and O–H groups in total. The van der Waals surface area contributed by atoms with E-state index in [9.17, 15) is 43.2 Å². The monoisotopic (exact) mass is 1490 g/mol. The van der Waals surface area contributed by atoms with Crippen molar-refractivity contribution in [3.63, 3.8) is 0 Å². The van der Waals surface area contributed by atoms with E-state index in [1.807, 2.05) is 0 Å². The van der Waals surface area contributed by atoms with Gasteiger partial charge in [-0.05, 0) is 49.4 Å². The second-order valence-electron chi connectivity index (χ2n) is 31.3. The lowest BCUT2D eigenvalue weighted by Gasteiger charge is -2.21. The Hall–Kier alpha value is -1.94. The third-order valence-corrected chi connectivity index (χ3v) is 21.9. The van der Waals surface area contributed by atoms with Crippen molar-refractivity contribution in [3.05, 3.63) is 0 Å². The van der Waals surface area contributed by atoms with Crippen LogP contribution in [0.4, 0.5) is 0 Å². The number of hydrogen-bond donors (Lipinski definition) is 3. The predicted octanol–water partition coefficient (Wildman–Crippen LogP) is 24.8. The van der Waals surface area contributed by atoms with E-state index < -0.39 is 97.5 Å². The molecule has 0 rings (SSSR count). The van der Waals surface area contributed by atoms with Gasteiger partial charge in [-0.2, -0.15) is 0 Å². The molecular weight excluding hydrogens is 1330 g/mol. The third-order valence-electron chi connectivity index (χ3n) is 20.0. The molecule has 4 unspecified atom stereocenters. The van der Waals surface area contributed by atoms with Crippen LogP contribution in [0.1, 0.15) is 428 Å². The quantitative estimate of drug-likeness (QED) is 0.0222. The molecule has 0 saturated carbocycles. The summed E-state index contributed by atoms with van der Waals surface area (Å²) >= 11 is 0. The van der Waals surface area contributed by atoms with Crippen molar-refractivity contribution in [2.24, 2.45) is 23.7 Å². The molecule has 7 atom stereocenters. The molecule has 0 spiro atoms. The van der Waals surface area contributed by atoms with Gasteiger partial charge in [0, 0.05) is 25.7 Å². The molecule has 17 nitrogen and oxygen atoms in total. The molecule has 0 heterocycles. The highest BCUT2D eigenvalue weighted by Gasteiger charge is 2.30. The molecule has 0 aliphatic heterocycles. The van der Waals surface area contributed by atoms with Gasteiger partial charge in [-0.15, -0.1) is 0 Å². The fraction of sp³-hybridized carbons (Fsp3) is 0.952. The summed E-state index contributed by atoms with van der Waals surface area (Å²) in [6.45, 7) is 14.2. The van der Waals surface area contributed by atoms with E-state index >= 15 is 0 Å². The average Bonchev–Trinajstić information content (AvgIpc) is 0.918. The molecule has 0 aromatic rings. The minimum Gasteiger partial charge on any atom is -0.462 e. The lowest BCUT2D eigenvalue weighted by Crippen LogP contribution is -2.30. The van der Waals surface area contributed by atoms with Crippen molar-refractivity contribution < 1.29 is 80.2 Å². The number of rotatable bonds is 80. The lowest BCUT2D eigenvalue weighted by molar-refractivity contribution is -0.161. The highest BCUT2D eigenvalue weighted by molar-refractivity contribution is 7.47. The van der Waals surface area contributed by atoms with Crippen LogP contribution in [0.5, 0.6) is 0 Å². The first-order valence-corrected chi connectivity index (χ1v) is 45.8. The summed E-state index contributed by atoms with van der Waals surface area (Å²) in [5, 5.41) is 10.6. The molecule has 0 saturated heterocycles. The Morgan fingerprint density at radius 2 is 0.471 bits per heavy atom. The maximum atomic E-state index is 13.1. The Morgan fingerprint density at radius 3 is 0.696 bits per heavy atom. The lowest BCUT2D eigenvalue weighted by atomic mass is 9.99. The van der Waals surface area contributed by atoms with Crippen LogP contribution in [0.25, 0.3) is 0 Å². The van der Waals surface area contributed by atoms with Crippen LogP contribution in [0.3, 0.4) is 0 Å². The number of ether oxygens (including phenoxy) is 4. The van der Waals surface area contributed by atoms with E-state index in [1.54, 1.807) is 0 Å². The van der Waals surface area contributed by atoms with Crippen molar-refractivity contribution >= 4 is 39.5 Å². The summed E-state index contributed by atoms with van der Waals surface area (Å²) in [6.07, 6.45) is 60.1. The summed E-state index contributed by atoms with van der Waals surface area (Å²) in [5.74, 6) is 0.975. The third kappa shape index (κ3) is 73.6. The standard InChI is InChI=1S/C83H162O17P2/c1-9-75(7)61-53-45-36-32-28-24-20-16-12-14-17-21-25-29-33-37-47-55-63-80(85)93-69-78(99-82(87)65-57-49-38-34-30-26-22-18-13-11-15-19-23-27-31-35-43-51-59-73(3)4)71-97-101(89,90)95-67-77(84)68-96-102(91,92)98-72-79(100-83(88)66-58-50-41-39-44-52-60-74(5)6)70-94-81(86)64-56-48-42-40-46-54-62-76(8)10-2/h73-79,84H,9-72H2,1-8H3,(H,89,90)(H,91,92)/t75?,76?,77-,78-,79-/m1/s1. The number of esters is 4. The van der Waals surface area contributed by atoms with Crippen LogP contribution < -0.4 is 0 Å². The number of unbranched alkanes of at least 4 members (excludes halogenated alkanes) is 44.